The molecule has 0 saturated heterocycles. The molecule has 0 heterocycles. The fraction of sp³-hybridized carbons (Fsp3) is 0.250. The van der Waals surface area contributed by atoms with Crippen molar-refractivity contribution in [2.75, 3.05) is 5.43 Å². The molecule has 0 radical (unpaired) electrons. The van der Waals surface area contributed by atoms with Crippen LogP contribution >= 0.6 is 15.9 Å². The molecule has 0 amide bonds. The van der Waals surface area contributed by atoms with Crippen molar-refractivity contribution < 1.29 is 0 Å². The predicted molar refractivity (Wildman–Crippen MR) is 53.3 cm³/mol. The van der Waals surface area contributed by atoms with Crippen molar-refractivity contribution in [3.05, 3.63) is 28.7 Å². The van der Waals surface area contributed by atoms with E-state index in [1.54, 1.807) is 0 Å². The lowest BCUT2D eigenvalue weighted by molar-refractivity contribution is 1.34. The Balaban J connectivity index is 0.000000461. The molecule has 0 aliphatic carbocycles. The van der Waals surface area contributed by atoms with Crippen LogP contribution in [0.1, 0.15) is 13.8 Å². The molecule has 0 aliphatic rings. The first-order chi connectivity index (χ1) is 5.34. The molecule has 3 heteroatoms. The number of rotatable bonds is 1. The molecule has 62 valence electrons. The topological polar surface area (TPSA) is 38.0 Å². The third kappa shape index (κ3) is 3.39. The highest BCUT2D eigenvalue weighted by atomic mass is 79.9. The van der Waals surface area contributed by atoms with E-state index in [0.717, 1.165) is 10.2 Å². The largest absolute Gasteiger partial charge is 0.323 e. The summed E-state index contributed by atoms with van der Waals surface area (Å²) < 4.78 is 0.979. The van der Waals surface area contributed by atoms with Gasteiger partial charge in [0.25, 0.3) is 0 Å². The van der Waals surface area contributed by atoms with Crippen LogP contribution < -0.4 is 11.3 Å². The van der Waals surface area contributed by atoms with Crippen LogP contribution in [0.3, 0.4) is 0 Å². The Kier molecular flexibility index (Phi) is 5.88. The number of nitrogens with one attached hydrogen (secondary N) is 1. The van der Waals surface area contributed by atoms with Crippen molar-refractivity contribution in [3.8, 4) is 0 Å². The highest BCUT2D eigenvalue weighted by molar-refractivity contribution is 9.10. The average molecular weight is 217 g/mol. The van der Waals surface area contributed by atoms with Gasteiger partial charge in [-0.3, -0.25) is 5.84 Å². The van der Waals surface area contributed by atoms with Gasteiger partial charge in [0.05, 0.1) is 5.69 Å². The van der Waals surface area contributed by atoms with Gasteiger partial charge in [-0.05, 0) is 28.1 Å². The summed E-state index contributed by atoms with van der Waals surface area (Å²) in [4.78, 5) is 0. The molecular formula is C8H13BrN2. The van der Waals surface area contributed by atoms with Gasteiger partial charge in [0.1, 0.15) is 0 Å². The maximum absolute atomic E-state index is 5.17. The first kappa shape index (κ1) is 10.5. The molecule has 11 heavy (non-hydrogen) atoms. The van der Waals surface area contributed by atoms with Gasteiger partial charge in [0.2, 0.25) is 0 Å². The van der Waals surface area contributed by atoms with Crippen molar-refractivity contribution in [1.82, 2.24) is 0 Å². The summed E-state index contributed by atoms with van der Waals surface area (Å²) >= 11 is 3.31. The fourth-order valence-electron chi connectivity index (χ4n) is 0.578. The van der Waals surface area contributed by atoms with Crippen LogP contribution in [-0.4, -0.2) is 0 Å². The number of nitrogens with two attached hydrogens (primary N) is 1. The molecule has 1 aromatic rings. The first-order valence-electron chi connectivity index (χ1n) is 3.56. The first-order valence-corrected chi connectivity index (χ1v) is 4.35. The number of hydrogen-bond donors (Lipinski definition) is 2. The summed E-state index contributed by atoms with van der Waals surface area (Å²) in [6.07, 6.45) is 0. The summed E-state index contributed by atoms with van der Waals surface area (Å²) in [6, 6.07) is 7.67. The third-order valence-corrected chi connectivity index (χ3v) is 1.72. The third-order valence-electron chi connectivity index (χ3n) is 1.03. The molecule has 0 bridgehead atoms. The Morgan fingerprint density at radius 2 is 1.82 bits per heavy atom. The maximum Gasteiger partial charge on any atom is 0.0627 e. The van der Waals surface area contributed by atoms with E-state index in [9.17, 15) is 0 Å². The number of anilines is 1. The highest BCUT2D eigenvalue weighted by Gasteiger charge is 1.91. The molecule has 0 spiro atoms. The molecule has 0 aromatic heterocycles. The quantitative estimate of drug-likeness (QED) is 0.560. The minimum Gasteiger partial charge on any atom is -0.323 e. The van der Waals surface area contributed by atoms with E-state index in [1.807, 2.05) is 38.1 Å². The monoisotopic (exact) mass is 216 g/mol. The zero-order valence-corrected chi connectivity index (χ0v) is 8.35. The smallest absolute Gasteiger partial charge is 0.0627 e. The van der Waals surface area contributed by atoms with Crippen molar-refractivity contribution >= 4 is 21.6 Å². The van der Waals surface area contributed by atoms with E-state index in [-0.39, 0.29) is 0 Å². The average Bonchev–Trinajstić information content (AvgIpc) is 2.09. The standard InChI is InChI=1S/C6H7BrN2.C2H6/c7-5-3-1-2-4-6(5)9-8;1-2/h1-4,9H,8H2;1-2H3. The van der Waals surface area contributed by atoms with Crippen LogP contribution in [0.2, 0.25) is 0 Å². The summed E-state index contributed by atoms with van der Waals surface area (Å²) in [5.41, 5.74) is 3.45. The van der Waals surface area contributed by atoms with Crippen LogP contribution in [0.25, 0.3) is 0 Å². The Hall–Kier alpha value is -0.540. The minimum absolute atomic E-state index is 0.900. The highest BCUT2D eigenvalue weighted by Crippen LogP contribution is 2.19. The second kappa shape index (κ2) is 6.19. The number of para-hydroxylation sites is 1. The van der Waals surface area contributed by atoms with Crippen molar-refractivity contribution in [1.29, 1.82) is 0 Å². The molecule has 2 nitrogen and oxygen atoms in total. The number of hydrazine groups is 1. The number of benzene rings is 1. The molecule has 0 saturated carbocycles. The molecule has 0 unspecified atom stereocenters. The second-order valence-corrected chi connectivity index (χ2v) is 2.48. The van der Waals surface area contributed by atoms with Gasteiger partial charge in [-0.25, -0.2) is 0 Å². The zero-order chi connectivity index (χ0) is 8.69. The molecule has 3 N–H and O–H groups in total. The molecule has 1 aromatic carbocycles. The summed E-state index contributed by atoms with van der Waals surface area (Å²) in [5, 5.41) is 0. The van der Waals surface area contributed by atoms with E-state index in [2.05, 4.69) is 21.4 Å². The number of halogens is 1. The van der Waals surface area contributed by atoms with Crippen LogP contribution in [-0.2, 0) is 0 Å². The van der Waals surface area contributed by atoms with E-state index >= 15 is 0 Å². The second-order valence-electron chi connectivity index (χ2n) is 1.62. The zero-order valence-electron chi connectivity index (χ0n) is 6.76. The normalized spacial score (nSPS) is 8.00. The Bertz CT molecular complexity index is 201. The SMILES string of the molecule is CC.NNc1ccccc1Br. The number of nitrogen functional groups attached to an aromatic ring is 1. The molecule has 0 atom stereocenters. The molecule has 0 fully saturated rings. The lowest BCUT2D eigenvalue weighted by atomic mass is 10.3. The summed E-state index contributed by atoms with van der Waals surface area (Å²) in [5.74, 6) is 5.17. The van der Waals surface area contributed by atoms with E-state index in [1.165, 1.54) is 0 Å². The Morgan fingerprint density at radius 3 is 2.18 bits per heavy atom. The van der Waals surface area contributed by atoms with Crippen LogP contribution in [0.5, 0.6) is 0 Å². The lowest BCUT2D eigenvalue weighted by Crippen LogP contribution is -2.06. The van der Waals surface area contributed by atoms with Crippen molar-refractivity contribution in [2.24, 2.45) is 5.84 Å². The molecular weight excluding hydrogens is 204 g/mol. The van der Waals surface area contributed by atoms with Crippen molar-refractivity contribution in [2.45, 2.75) is 13.8 Å². The maximum atomic E-state index is 5.17. The van der Waals surface area contributed by atoms with Crippen LogP contribution in [0.15, 0.2) is 28.7 Å². The predicted octanol–water partition coefficient (Wildman–Crippen LogP) is 2.76. The van der Waals surface area contributed by atoms with Gasteiger partial charge in [-0.1, -0.05) is 26.0 Å². The van der Waals surface area contributed by atoms with Gasteiger partial charge in [-0.2, -0.15) is 0 Å². The number of hydrogen-bond acceptors (Lipinski definition) is 2. The van der Waals surface area contributed by atoms with E-state index in [4.69, 9.17) is 5.84 Å². The van der Waals surface area contributed by atoms with Crippen LogP contribution in [0.4, 0.5) is 5.69 Å². The van der Waals surface area contributed by atoms with E-state index in [0.29, 0.717) is 0 Å². The summed E-state index contributed by atoms with van der Waals surface area (Å²) in [7, 11) is 0. The van der Waals surface area contributed by atoms with Gasteiger partial charge in [0.15, 0.2) is 0 Å². The van der Waals surface area contributed by atoms with Crippen LogP contribution in [0, 0.1) is 0 Å². The van der Waals surface area contributed by atoms with Gasteiger partial charge in [-0.15, -0.1) is 0 Å². The van der Waals surface area contributed by atoms with Gasteiger partial charge >= 0.3 is 0 Å². The molecule has 1 rings (SSSR count). The van der Waals surface area contributed by atoms with Crippen molar-refractivity contribution in [3.63, 3.8) is 0 Å². The molecule has 0 aliphatic heterocycles. The Morgan fingerprint density at radius 1 is 1.27 bits per heavy atom. The van der Waals surface area contributed by atoms with Gasteiger partial charge in [0, 0.05) is 4.47 Å². The Labute approximate surface area is 75.9 Å². The van der Waals surface area contributed by atoms with E-state index < -0.39 is 0 Å². The fourth-order valence-corrected chi connectivity index (χ4v) is 0.978. The minimum atomic E-state index is 0.900. The van der Waals surface area contributed by atoms with Gasteiger partial charge < -0.3 is 5.43 Å². The summed E-state index contributed by atoms with van der Waals surface area (Å²) in [6.45, 7) is 4.00. The lowest BCUT2D eigenvalue weighted by Gasteiger charge is -1.99.